The zero-order valence-corrected chi connectivity index (χ0v) is 13.9. The Morgan fingerprint density at radius 2 is 2.05 bits per heavy atom. The van der Waals surface area contributed by atoms with Crippen LogP contribution in [0.15, 0.2) is 12.3 Å². The second kappa shape index (κ2) is 5.34. The summed E-state index contributed by atoms with van der Waals surface area (Å²) in [4.78, 5) is 11.4. The summed E-state index contributed by atoms with van der Waals surface area (Å²) in [6, 6.07) is 2.06. The van der Waals surface area contributed by atoms with E-state index >= 15 is 0 Å². The second-order valence-electron chi connectivity index (χ2n) is 6.23. The van der Waals surface area contributed by atoms with Gasteiger partial charge in [0.15, 0.2) is 5.65 Å². The van der Waals surface area contributed by atoms with Gasteiger partial charge >= 0.3 is 0 Å². The molecule has 110 valence electrons. The van der Waals surface area contributed by atoms with E-state index in [1.54, 1.807) is 0 Å². The SMILES string of the molecule is Cc1cnc2c(c1)nc(C(C)Cl)n2CC(C)(C)N(C)C. The fraction of sp³-hybridized carbons (Fsp3) is 0.600. The van der Waals surface area contributed by atoms with E-state index in [2.05, 4.69) is 53.4 Å². The fourth-order valence-electron chi connectivity index (χ4n) is 2.12. The minimum atomic E-state index is -0.137. The van der Waals surface area contributed by atoms with Gasteiger partial charge in [-0.15, -0.1) is 11.6 Å². The standard InChI is InChI=1S/C15H23ClN4/c1-10-7-12-14(17-8-10)20(13(18-12)11(2)16)9-15(3,4)19(5)6/h7-8,11H,9H2,1-6H3. The smallest absolute Gasteiger partial charge is 0.160 e. The van der Waals surface area contributed by atoms with Crippen molar-refractivity contribution in [3.63, 3.8) is 0 Å². The first-order chi connectivity index (χ1) is 9.22. The van der Waals surface area contributed by atoms with Crippen molar-refractivity contribution < 1.29 is 0 Å². The second-order valence-corrected chi connectivity index (χ2v) is 6.89. The van der Waals surface area contributed by atoms with E-state index in [1.807, 2.05) is 20.0 Å². The lowest BCUT2D eigenvalue weighted by Gasteiger charge is -2.33. The molecule has 2 heterocycles. The Labute approximate surface area is 125 Å². The van der Waals surface area contributed by atoms with Gasteiger partial charge in [0, 0.05) is 18.3 Å². The van der Waals surface area contributed by atoms with Gasteiger partial charge in [0.1, 0.15) is 11.3 Å². The summed E-state index contributed by atoms with van der Waals surface area (Å²) in [5.41, 5.74) is 2.94. The summed E-state index contributed by atoms with van der Waals surface area (Å²) in [6.07, 6.45) is 1.88. The van der Waals surface area contributed by atoms with Gasteiger partial charge in [-0.05, 0) is 53.4 Å². The van der Waals surface area contributed by atoms with Crippen molar-refractivity contribution in [2.75, 3.05) is 14.1 Å². The summed E-state index contributed by atoms with van der Waals surface area (Å²) in [5, 5.41) is -0.137. The van der Waals surface area contributed by atoms with Crippen molar-refractivity contribution in [2.24, 2.45) is 0 Å². The van der Waals surface area contributed by atoms with Gasteiger partial charge in [-0.2, -0.15) is 0 Å². The zero-order chi connectivity index (χ0) is 15.1. The number of halogens is 1. The van der Waals surface area contributed by atoms with Crippen molar-refractivity contribution in [3.05, 3.63) is 23.7 Å². The highest BCUT2D eigenvalue weighted by Gasteiger charge is 2.25. The maximum absolute atomic E-state index is 6.30. The Kier molecular flexibility index (Phi) is 4.07. The third-order valence-corrected chi connectivity index (χ3v) is 4.06. The van der Waals surface area contributed by atoms with Crippen LogP contribution in [0.25, 0.3) is 11.2 Å². The first kappa shape index (κ1) is 15.3. The van der Waals surface area contributed by atoms with Gasteiger partial charge in [-0.1, -0.05) is 0 Å². The molecule has 0 saturated carbocycles. The highest BCUT2D eigenvalue weighted by atomic mass is 35.5. The van der Waals surface area contributed by atoms with Crippen molar-refractivity contribution in [1.29, 1.82) is 0 Å². The number of nitrogens with zero attached hydrogens (tertiary/aromatic N) is 4. The zero-order valence-electron chi connectivity index (χ0n) is 13.1. The van der Waals surface area contributed by atoms with E-state index in [-0.39, 0.29) is 10.9 Å². The number of fused-ring (bicyclic) bond motifs is 1. The van der Waals surface area contributed by atoms with Gasteiger partial charge in [-0.3, -0.25) is 0 Å². The number of alkyl halides is 1. The van der Waals surface area contributed by atoms with Crippen LogP contribution in [0.1, 0.15) is 37.5 Å². The van der Waals surface area contributed by atoms with E-state index in [1.165, 1.54) is 0 Å². The molecule has 2 aromatic rings. The van der Waals surface area contributed by atoms with Crippen LogP contribution in [0.5, 0.6) is 0 Å². The number of rotatable bonds is 4. The largest absolute Gasteiger partial charge is 0.310 e. The molecule has 1 unspecified atom stereocenters. The molecule has 0 fully saturated rings. The molecule has 0 spiro atoms. The van der Waals surface area contributed by atoms with Gasteiger partial charge in [0.05, 0.1) is 5.38 Å². The predicted molar refractivity (Wildman–Crippen MR) is 84.3 cm³/mol. The number of pyridine rings is 1. The minimum Gasteiger partial charge on any atom is -0.310 e. The van der Waals surface area contributed by atoms with Crippen LogP contribution in [0, 0.1) is 6.92 Å². The van der Waals surface area contributed by atoms with Gasteiger partial charge in [0.25, 0.3) is 0 Å². The molecule has 2 aromatic heterocycles. The molecule has 0 amide bonds. The van der Waals surface area contributed by atoms with Crippen LogP contribution in [0.2, 0.25) is 0 Å². The molecule has 5 heteroatoms. The lowest BCUT2D eigenvalue weighted by atomic mass is 10.0. The Morgan fingerprint density at radius 1 is 1.40 bits per heavy atom. The number of imidazole rings is 1. The van der Waals surface area contributed by atoms with E-state index < -0.39 is 0 Å². The molecule has 0 aliphatic carbocycles. The van der Waals surface area contributed by atoms with Crippen LogP contribution >= 0.6 is 11.6 Å². The highest BCUT2D eigenvalue weighted by Crippen LogP contribution is 2.26. The highest BCUT2D eigenvalue weighted by molar-refractivity contribution is 6.20. The maximum Gasteiger partial charge on any atom is 0.160 e. The lowest BCUT2D eigenvalue weighted by Crippen LogP contribution is -2.42. The number of hydrogen-bond acceptors (Lipinski definition) is 3. The molecule has 1 atom stereocenters. The molecule has 0 aliphatic rings. The van der Waals surface area contributed by atoms with Crippen LogP contribution in [0.4, 0.5) is 0 Å². The molecule has 0 bridgehead atoms. The average Bonchev–Trinajstić information content (AvgIpc) is 2.66. The van der Waals surface area contributed by atoms with Gasteiger partial charge < -0.3 is 9.47 Å². The van der Waals surface area contributed by atoms with Crippen molar-refractivity contribution in [3.8, 4) is 0 Å². The lowest BCUT2D eigenvalue weighted by molar-refractivity contribution is 0.169. The van der Waals surface area contributed by atoms with Crippen molar-refractivity contribution in [1.82, 2.24) is 19.4 Å². The van der Waals surface area contributed by atoms with Gasteiger partial charge in [0.2, 0.25) is 0 Å². The Morgan fingerprint density at radius 3 is 2.60 bits per heavy atom. The van der Waals surface area contributed by atoms with Crippen molar-refractivity contribution >= 4 is 22.8 Å². The first-order valence-electron chi connectivity index (χ1n) is 6.86. The minimum absolute atomic E-state index is 0.000719. The van der Waals surface area contributed by atoms with Crippen LogP contribution in [-0.4, -0.2) is 39.1 Å². The third kappa shape index (κ3) is 2.81. The molecule has 0 saturated heterocycles. The summed E-state index contributed by atoms with van der Waals surface area (Å²) in [7, 11) is 4.17. The van der Waals surface area contributed by atoms with Crippen LogP contribution < -0.4 is 0 Å². The molecule has 0 aliphatic heterocycles. The normalized spacial score (nSPS) is 14.2. The molecule has 20 heavy (non-hydrogen) atoms. The van der Waals surface area contributed by atoms with E-state index in [4.69, 9.17) is 11.6 Å². The number of aromatic nitrogens is 3. The third-order valence-electron chi connectivity index (χ3n) is 3.86. The Bertz CT molecular complexity index is 614. The van der Waals surface area contributed by atoms with Crippen LogP contribution in [0.3, 0.4) is 0 Å². The molecule has 2 rings (SSSR count). The van der Waals surface area contributed by atoms with E-state index in [0.717, 1.165) is 29.1 Å². The molecule has 0 N–H and O–H groups in total. The molecular formula is C15H23ClN4. The summed E-state index contributed by atoms with van der Waals surface area (Å²) in [6.45, 7) is 9.19. The maximum atomic E-state index is 6.30. The predicted octanol–water partition coefficient (Wildman–Crippen LogP) is 3.38. The number of likely N-dealkylation sites (N-methyl/N-ethyl adjacent to an activating group) is 1. The van der Waals surface area contributed by atoms with E-state index in [0.29, 0.717) is 0 Å². The Balaban J connectivity index is 2.57. The number of hydrogen-bond donors (Lipinski definition) is 0. The first-order valence-corrected chi connectivity index (χ1v) is 7.30. The molecule has 4 nitrogen and oxygen atoms in total. The van der Waals surface area contributed by atoms with Crippen LogP contribution in [-0.2, 0) is 6.54 Å². The topological polar surface area (TPSA) is 34.0 Å². The number of aryl methyl sites for hydroxylation is 1. The molecule has 0 radical (unpaired) electrons. The Hall–Kier alpha value is -1.13. The molecule has 0 aromatic carbocycles. The monoisotopic (exact) mass is 294 g/mol. The van der Waals surface area contributed by atoms with Gasteiger partial charge in [-0.25, -0.2) is 9.97 Å². The van der Waals surface area contributed by atoms with Crippen molar-refractivity contribution in [2.45, 2.75) is 45.2 Å². The quantitative estimate of drug-likeness (QED) is 0.811. The summed E-state index contributed by atoms with van der Waals surface area (Å²) < 4.78 is 2.15. The molecular weight excluding hydrogens is 272 g/mol. The summed E-state index contributed by atoms with van der Waals surface area (Å²) >= 11 is 6.30. The average molecular weight is 295 g/mol. The fourth-order valence-corrected chi connectivity index (χ4v) is 2.28. The van der Waals surface area contributed by atoms with E-state index in [9.17, 15) is 0 Å². The summed E-state index contributed by atoms with van der Waals surface area (Å²) in [5.74, 6) is 0.884.